The summed E-state index contributed by atoms with van der Waals surface area (Å²) in [6, 6.07) is 13.5. The summed E-state index contributed by atoms with van der Waals surface area (Å²) in [6.07, 6.45) is 1.49. The van der Waals surface area contributed by atoms with Gasteiger partial charge in [-0.1, -0.05) is 41.4 Å². The van der Waals surface area contributed by atoms with Crippen LogP contribution in [-0.2, 0) is 6.42 Å². The summed E-state index contributed by atoms with van der Waals surface area (Å²) >= 11 is 12.0. The van der Waals surface area contributed by atoms with Gasteiger partial charge in [0.25, 0.3) is 0 Å². The average molecular weight is 324 g/mol. The van der Waals surface area contributed by atoms with Gasteiger partial charge in [0.1, 0.15) is 5.75 Å². The van der Waals surface area contributed by atoms with E-state index >= 15 is 0 Å². The van der Waals surface area contributed by atoms with Crippen molar-refractivity contribution in [2.45, 2.75) is 25.8 Å². The predicted octanol–water partition coefficient (Wildman–Crippen LogP) is 4.64. The van der Waals surface area contributed by atoms with E-state index in [9.17, 15) is 0 Å². The third-order valence-electron chi connectivity index (χ3n) is 3.24. The van der Waals surface area contributed by atoms with Crippen LogP contribution in [0.5, 0.6) is 5.75 Å². The zero-order chi connectivity index (χ0) is 15.2. The molecule has 21 heavy (non-hydrogen) atoms. The molecule has 2 rings (SSSR count). The van der Waals surface area contributed by atoms with Crippen molar-refractivity contribution < 1.29 is 4.74 Å². The molecule has 0 heterocycles. The minimum absolute atomic E-state index is 0.00786. The highest BCUT2D eigenvalue weighted by Gasteiger charge is 2.08. The largest absolute Gasteiger partial charge is 0.494 e. The molecule has 0 amide bonds. The topological polar surface area (TPSA) is 35.2 Å². The van der Waals surface area contributed by atoms with E-state index in [0.29, 0.717) is 23.1 Å². The highest BCUT2D eigenvalue weighted by Crippen LogP contribution is 2.22. The Hall–Kier alpha value is -1.22. The van der Waals surface area contributed by atoms with Crippen LogP contribution in [0, 0.1) is 6.92 Å². The van der Waals surface area contributed by atoms with Crippen LogP contribution in [-0.4, -0.2) is 12.6 Å². The van der Waals surface area contributed by atoms with Gasteiger partial charge >= 0.3 is 0 Å². The second-order valence-electron chi connectivity index (χ2n) is 5.15. The summed E-state index contributed by atoms with van der Waals surface area (Å²) in [6.45, 7) is 2.64. The first-order chi connectivity index (χ1) is 10.0. The minimum atomic E-state index is 0.00786. The normalized spacial score (nSPS) is 12.2. The summed E-state index contributed by atoms with van der Waals surface area (Å²) in [5.41, 5.74) is 8.34. The molecule has 1 unspecified atom stereocenters. The summed E-state index contributed by atoms with van der Waals surface area (Å²) in [7, 11) is 0. The van der Waals surface area contributed by atoms with Gasteiger partial charge in [-0.15, -0.1) is 0 Å². The van der Waals surface area contributed by atoms with Crippen molar-refractivity contribution in [3.8, 4) is 5.75 Å². The monoisotopic (exact) mass is 323 g/mol. The first-order valence-electron chi connectivity index (χ1n) is 6.93. The molecular weight excluding hydrogens is 305 g/mol. The predicted molar refractivity (Wildman–Crippen MR) is 89.4 cm³/mol. The van der Waals surface area contributed by atoms with Crippen molar-refractivity contribution in [2.75, 3.05) is 6.61 Å². The summed E-state index contributed by atoms with van der Waals surface area (Å²) < 4.78 is 5.71. The van der Waals surface area contributed by atoms with Gasteiger partial charge in [-0.25, -0.2) is 0 Å². The molecule has 1 atom stereocenters. The molecule has 112 valence electrons. The van der Waals surface area contributed by atoms with Crippen LogP contribution >= 0.6 is 23.2 Å². The van der Waals surface area contributed by atoms with Crippen LogP contribution in [0.3, 0.4) is 0 Å². The minimum Gasteiger partial charge on any atom is -0.494 e. The van der Waals surface area contributed by atoms with Crippen LogP contribution in [0.15, 0.2) is 42.5 Å². The highest BCUT2D eigenvalue weighted by atomic mass is 35.5. The number of halogens is 2. The van der Waals surface area contributed by atoms with Crippen LogP contribution < -0.4 is 10.5 Å². The van der Waals surface area contributed by atoms with E-state index < -0.39 is 0 Å². The first kappa shape index (κ1) is 16.2. The molecule has 0 radical (unpaired) electrons. The Morgan fingerprint density at radius 1 is 1.14 bits per heavy atom. The van der Waals surface area contributed by atoms with Gasteiger partial charge < -0.3 is 10.5 Å². The SMILES string of the molecule is Cc1cccc(OCCC(N)Cc2ccc(Cl)cc2Cl)c1. The van der Waals surface area contributed by atoms with Gasteiger partial charge in [-0.2, -0.15) is 0 Å². The third-order valence-corrected chi connectivity index (χ3v) is 3.83. The summed E-state index contributed by atoms with van der Waals surface area (Å²) in [5.74, 6) is 0.881. The van der Waals surface area contributed by atoms with Crippen molar-refractivity contribution in [3.63, 3.8) is 0 Å². The number of aryl methyl sites for hydroxylation is 1. The first-order valence-corrected chi connectivity index (χ1v) is 7.69. The average Bonchev–Trinajstić information content (AvgIpc) is 2.42. The highest BCUT2D eigenvalue weighted by molar-refractivity contribution is 6.35. The van der Waals surface area contributed by atoms with Crippen LogP contribution in [0.4, 0.5) is 0 Å². The van der Waals surface area contributed by atoms with Crippen molar-refractivity contribution in [3.05, 3.63) is 63.6 Å². The van der Waals surface area contributed by atoms with Crippen LogP contribution in [0.2, 0.25) is 10.0 Å². The van der Waals surface area contributed by atoms with E-state index in [4.69, 9.17) is 33.7 Å². The van der Waals surface area contributed by atoms with Gasteiger partial charge in [0.05, 0.1) is 6.61 Å². The Balaban J connectivity index is 1.81. The molecule has 0 aliphatic rings. The van der Waals surface area contributed by atoms with E-state index in [0.717, 1.165) is 17.7 Å². The fourth-order valence-electron chi connectivity index (χ4n) is 2.11. The Labute approximate surface area is 135 Å². The maximum Gasteiger partial charge on any atom is 0.119 e. The second-order valence-corrected chi connectivity index (χ2v) is 6.00. The maximum atomic E-state index is 6.15. The van der Waals surface area contributed by atoms with E-state index in [1.807, 2.05) is 43.3 Å². The van der Waals surface area contributed by atoms with Gasteiger partial charge in [0.2, 0.25) is 0 Å². The molecule has 2 nitrogen and oxygen atoms in total. The Morgan fingerprint density at radius 3 is 2.67 bits per heavy atom. The molecule has 2 N–H and O–H groups in total. The number of rotatable bonds is 6. The molecule has 0 aliphatic carbocycles. The number of ether oxygens (including phenoxy) is 1. The zero-order valence-electron chi connectivity index (χ0n) is 12.0. The molecule has 2 aromatic rings. The van der Waals surface area contributed by atoms with Crippen molar-refractivity contribution >= 4 is 23.2 Å². The van der Waals surface area contributed by atoms with Gasteiger partial charge in [0, 0.05) is 16.1 Å². The van der Waals surface area contributed by atoms with E-state index in [2.05, 4.69) is 0 Å². The van der Waals surface area contributed by atoms with E-state index in [1.165, 1.54) is 5.56 Å². The van der Waals surface area contributed by atoms with Crippen LogP contribution in [0.1, 0.15) is 17.5 Å². The lowest BCUT2D eigenvalue weighted by atomic mass is 10.0. The van der Waals surface area contributed by atoms with Gasteiger partial charge in [-0.05, 0) is 55.2 Å². The molecule has 0 aromatic heterocycles. The molecule has 0 spiro atoms. The maximum absolute atomic E-state index is 6.15. The summed E-state index contributed by atoms with van der Waals surface area (Å²) in [5, 5.41) is 1.30. The van der Waals surface area contributed by atoms with Crippen LogP contribution in [0.25, 0.3) is 0 Å². The molecule has 0 fully saturated rings. The molecule has 4 heteroatoms. The smallest absolute Gasteiger partial charge is 0.119 e. The lowest BCUT2D eigenvalue weighted by Gasteiger charge is -2.14. The Bertz CT molecular complexity index is 601. The lowest BCUT2D eigenvalue weighted by Crippen LogP contribution is -2.25. The number of nitrogens with two attached hydrogens (primary N) is 1. The molecular formula is C17H19Cl2NO. The molecule has 0 aliphatic heterocycles. The van der Waals surface area contributed by atoms with Crippen molar-refractivity contribution in [1.29, 1.82) is 0 Å². The summed E-state index contributed by atoms with van der Waals surface area (Å²) in [4.78, 5) is 0. The Morgan fingerprint density at radius 2 is 1.95 bits per heavy atom. The van der Waals surface area contributed by atoms with Crippen molar-refractivity contribution in [1.82, 2.24) is 0 Å². The fourth-order valence-corrected chi connectivity index (χ4v) is 2.59. The van der Waals surface area contributed by atoms with Gasteiger partial charge in [-0.3, -0.25) is 0 Å². The number of hydrogen-bond acceptors (Lipinski definition) is 2. The molecule has 0 bridgehead atoms. The quantitative estimate of drug-likeness (QED) is 0.840. The fraction of sp³-hybridized carbons (Fsp3) is 0.294. The second kappa shape index (κ2) is 7.69. The standard InChI is InChI=1S/C17H19Cl2NO/c1-12-3-2-4-16(9-12)21-8-7-15(20)10-13-5-6-14(18)11-17(13)19/h2-6,9,11,15H,7-8,10,20H2,1H3. The zero-order valence-corrected chi connectivity index (χ0v) is 13.5. The molecule has 0 saturated heterocycles. The third kappa shape index (κ3) is 5.24. The van der Waals surface area contributed by atoms with Gasteiger partial charge in [0.15, 0.2) is 0 Å². The number of hydrogen-bond donors (Lipinski definition) is 1. The number of benzene rings is 2. The lowest BCUT2D eigenvalue weighted by molar-refractivity contribution is 0.297. The van der Waals surface area contributed by atoms with E-state index in [1.54, 1.807) is 6.07 Å². The molecule has 2 aromatic carbocycles. The molecule has 0 saturated carbocycles. The van der Waals surface area contributed by atoms with E-state index in [-0.39, 0.29) is 6.04 Å². The Kier molecular flexibility index (Phi) is 5.92. The van der Waals surface area contributed by atoms with Crippen molar-refractivity contribution in [2.24, 2.45) is 5.73 Å².